The molecule has 1 atom stereocenters. The number of nitrogens with one attached hydrogen (secondary N) is 1. The van der Waals surface area contributed by atoms with Crippen LogP contribution in [0.3, 0.4) is 0 Å². The molecule has 0 unspecified atom stereocenters. The predicted molar refractivity (Wildman–Crippen MR) is 153 cm³/mol. The number of aromatic amines is 1. The Kier molecular flexibility index (Phi) is 7.84. The Morgan fingerprint density at radius 1 is 0.974 bits per heavy atom. The lowest BCUT2D eigenvalue weighted by atomic mass is 10.1. The Labute approximate surface area is 228 Å². The fourth-order valence-electron chi connectivity index (χ4n) is 5.04. The summed E-state index contributed by atoms with van der Waals surface area (Å²) in [6, 6.07) is 24.4. The third-order valence-electron chi connectivity index (χ3n) is 7.22. The fraction of sp³-hybridized carbons (Fsp3) is 0.290. The molecular weight excluding hydrogens is 488 g/mol. The molecule has 0 spiro atoms. The number of tetrazole rings is 1. The number of H-pyrrole nitrogens is 1. The third kappa shape index (κ3) is 5.91. The van der Waals surface area contributed by atoms with E-state index in [1.54, 1.807) is 7.11 Å². The topological polar surface area (TPSA) is 88.9 Å². The molecule has 5 rings (SSSR count). The summed E-state index contributed by atoms with van der Waals surface area (Å²) < 4.78 is 7.15. The van der Waals surface area contributed by atoms with E-state index in [2.05, 4.69) is 63.5 Å². The van der Waals surface area contributed by atoms with Crippen molar-refractivity contribution in [3.8, 4) is 5.75 Å². The molecule has 2 aromatic heterocycles. The first-order chi connectivity index (χ1) is 18.9. The molecule has 5 aromatic rings. The van der Waals surface area contributed by atoms with Crippen LogP contribution < -0.4 is 10.3 Å². The van der Waals surface area contributed by atoms with Crippen molar-refractivity contribution < 1.29 is 4.74 Å². The van der Waals surface area contributed by atoms with Crippen molar-refractivity contribution in [3.05, 3.63) is 117 Å². The molecule has 200 valence electrons. The predicted octanol–water partition coefficient (Wildman–Crippen LogP) is 5.34. The minimum atomic E-state index is -0.104. The Morgan fingerprint density at radius 2 is 1.72 bits per heavy atom. The molecular formula is C31H34N6O2. The molecule has 0 fully saturated rings. The number of aromatic nitrogens is 5. The lowest BCUT2D eigenvalue weighted by Gasteiger charge is -2.30. The zero-order valence-corrected chi connectivity index (χ0v) is 22.9. The van der Waals surface area contributed by atoms with E-state index in [0.717, 1.165) is 40.0 Å². The molecule has 0 amide bonds. The number of pyridine rings is 1. The van der Waals surface area contributed by atoms with Gasteiger partial charge in [0.25, 0.3) is 5.56 Å². The molecule has 1 N–H and O–H groups in total. The molecule has 0 aliphatic heterocycles. The number of methoxy groups -OCH3 is 1. The largest absolute Gasteiger partial charge is 0.497 e. The molecule has 8 heteroatoms. The van der Waals surface area contributed by atoms with E-state index in [4.69, 9.17) is 4.74 Å². The Hall–Kier alpha value is -4.30. The van der Waals surface area contributed by atoms with Gasteiger partial charge in [0.15, 0.2) is 5.82 Å². The highest BCUT2D eigenvalue weighted by Gasteiger charge is 2.26. The van der Waals surface area contributed by atoms with E-state index in [0.29, 0.717) is 25.2 Å². The maximum absolute atomic E-state index is 13.2. The van der Waals surface area contributed by atoms with Crippen molar-refractivity contribution >= 4 is 10.9 Å². The standard InChI is InChI=1S/C31H34N6O2/c1-5-28(30-33-34-35-37(30)19-24-13-15-27(39-4)16-14-24)36(18-23-11-9-21(2)10-12-23)20-26-17-25-8-6-7-22(3)29(25)32-31(26)38/h6-17,28H,5,18-20H2,1-4H3,(H,32,38)/t28-/m1/s1. The van der Waals surface area contributed by atoms with Gasteiger partial charge in [-0.3, -0.25) is 9.69 Å². The van der Waals surface area contributed by atoms with Gasteiger partial charge >= 0.3 is 0 Å². The normalized spacial score (nSPS) is 12.2. The van der Waals surface area contributed by atoms with Gasteiger partial charge in [0.05, 0.1) is 25.2 Å². The van der Waals surface area contributed by atoms with Crippen LogP contribution in [-0.4, -0.2) is 37.2 Å². The lowest BCUT2D eigenvalue weighted by Crippen LogP contribution is -2.32. The molecule has 0 aliphatic carbocycles. The number of benzene rings is 3. The summed E-state index contributed by atoms with van der Waals surface area (Å²) >= 11 is 0. The molecule has 0 saturated carbocycles. The molecule has 0 bridgehead atoms. The van der Waals surface area contributed by atoms with Crippen molar-refractivity contribution in [1.82, 2.24) is 30.1 Å². The molecule has 8 nitrogen and oxygen atoms in total. The van der Waals surface area contributed by atoms with E-state index < -0.39 is 0 Å². The quantitative estimate of drug-likeness (QED) is 0.266. The average molecular weight is 523 g/mol. The van der Waals surface area contributed by atoms with Gasteiger partial charge in [-0.05, 0) is 71.0 Å². The highest BCUT2D eigenvalue weighted by atomic mass is 16.5. The van der Waals surface area contributed by atoms with E-state index in [1.807, 2.05) is 60.1 Å². The summed E-state index contributed by atoms with van der Waals surface area (Å²) in [6.45, 7) is 7.88. The molecule has 3 aromatic carbocycles. The van der Waals surface area contributed by atoms with E-state index in [-0.39, 0.29) is 11.6 Å². The molecule has 2 heterocycles. The summed E-state index contributed by atoms with van der Waals surface area (Å²) in [6.07, 6.45) is 0.777. The second-order valence-corrected chi connectivity index (χ2v) is 10.0. The number of nitrogens with zero attached hydrogens (tertiary/aromatic N) is 5. The van der Waals surface area contributed by atoms with Crippen LogP contribution >= 0.6 is 0 Å². The number of rotatable bonds is 10. The van der Waals surface area contributed by atoms with Gasteiger partial charge in [-0.2, -0.15) is 0 Å². The van der Waals surface area contributed by atoms with Crippen molar-refractivity contribution in [2.24, 2.45) is 0 Å². The van der Waals surface area contributed by atoms with Crippen LogP contribution in [-0.2, 0) is 19.6 Å². The number of ether oxygens (including phenoxy) is 1. The monoisotopic (exact) mass is 522 g/mol. The van der Waals surface area contributed by atoms with Crippen LogP contribution in [0.5, 0.6) is 5.75 Å². The number of aryl methyl sites for hydroxylation is 2. The minimum Gasteiger partial charge on any atom is -0.497 e. The van der Waals surface area contributed by atoms with Gasteiger partial charge in [0.2, 0.25) is 0 Å². The fourth-order valence-corrected chi connectivity index (χ4v) is 5.04. The van der Waals surface area contributed by atoms with Crippen molar-refractivity contribution in [3.63, 3.8) is 0 Å². The first-order valence-corrected chi connectivity index (χ1v) is 13.2. The van der Waals surface area contributed by atoms with Crippen LogP contribution in [0.2, 0.25) is 0 Å². The summed E-state index contributed by atoms with van der Waals surface area (Å²) in [5.74, 6) is 1.58. The Morgan fingerprint density at radius 3 is 2.44 bits per heavy atom. The molecule has 0 radical (unpaired) electrons. The van der Waals surface area contributed by atoms with Crippen LogP contribution in [0, 0.1) is 13.8 Å². The summed E-state index contributed by atoms with van der Waals surface area (Å²) in [5, 5.41) is 13.9. The first-order valence-electron chi connectivity index (χ1n) is 13.2. The zero-order valence-electron chi connectivity index (χ0n) is 22.9. The zero-order chi connectivity index (χ0) is 27.4. The summed E-state index contributed by atoms with van der Waals surface area (Å²) in [4.78, 5) is 18.6. The minimum absolute atomic E-state index is 0.0709. The smallest absolute Gasteiger partial charge is 0.252 e. The number of hydrogen-bond donors (Lipinski definition) is 1. The highest BCUT2D eigenvalue weighted by Crippen LogP contribution is 2.27. The molecule has 0 saturated heterocycles. The molecule has 39 heavy (non-hydrogen) atoms. The van der Waals surface area contributed by atoms with Crippen LogP contribution in [0.1, 0.15) is 53.0 Å². The maximum Gasteiger partial charge on any atom is 0.252 e. The van der Waals surface area contributed by atoms with Crippen molar-refractivity contribution in [2.75, 3.05) is 7.11 Å². The number of hydrogen-bond acceptors (Lipinski definition) is 6. The van der Waals surface area contributed by atoms with E-state index in [9.17, 15) is 4.79 Å². The van der Waals surface area contributed by atoms with Gasteiger partial charge in [0.1, 0.15) is 5.75 Å². The second-order valence-electron chi connectivity index (χ2n) is 10.0. The number of fused-ring (bicyclic) bond motifs is 1. The lowest BCUT2D eigenvalue weighted by molar-refractivity contribution is 0.161. The van der Waals surface area contributed by atoms with Crippen LogP contribution in [0.4, 0.5) is 0 Å². The van der Waals surface area contributed by atoms with Crippen molar-refractivity contribution in [2.45, 2.75) is 52.9 Å². The SMILES string of the molecule is CC[C@H](c1nnnn1Cc1ccc(OC)cc1)N(Cc1ccc(C)cc1)Cc1cc2cccc(C)c2[nH]c1=O. The van der Waals surface area contributed by atoms with E-state index >= 15 is 0 Å². The summed E-state index contributed by atoms with van der Waals surface area (Å²) in [7, 11) is 1.66. The highest BCUT2D eigenvalue weighted by molar-refractivity contribution is 5.81. The van der Waals surface area contributed by atoms with Gasteiger partial charge in [-0.1, -0.05) is 67.1 Å². The van der Waals surface area contributed by atoms with E-state index in [1.165, 1.54) is 11.1 Å². The molecule has 0 aliphatic rings. The summed E-state index contributed by atoms with van der Waals surface area (Å²) in [5.41, 5.74) is 6.03. The van der Waals surface area contributed by atoms with Crippen LogP contribution in [0.15, 0.2) is 77.6 Å². The third-order valence-corrected chi connectivity index (χ3v) is 7.22. The number of para-hydroxylation sites is 1. The van der Waals surface area contributed by atoms with Gasteiger partial charge in [0, 0.05) is 18.7 Å². The Bertz CT molecular complexity index is 1610. The maximum atomic E-state index is 13.2. The Balaban J connectivity index is 1.50. The second kappa shape index (κ2) is 11.6. The first kappa shape index (κ1) is 26.3. The van der Waals surface area contributed by atoms with Gasteiger partial charge < -0.3 is 9.72 Å². The van der Waals surface area contributed by atoms with Crippen LogP contribution in [0.25, 0.3) is 10.9 Å². The average Bonchev–Trinajstić information content (AvgIpc) is 3.39. The van der Waals surface area contributed by atoms with Gasteiger partial charge in [-0.25, -0.2) is 4.68 Å². The van der Waals surface area contributed by atoms with Crippen molar-refractivity contribution in [1.29, 1.82) is 0 Å². The van der Waals surface area contributed by atoms with Gasteiger partial charge in [-0.15, -0.1) is 5.10 Å².